The number of hydrogen-bond acceptors (Lipinski definition) is 7. The molecule has 0 radical (unpaired) electrons. The number of carbonyl (C=O) groups excluding carboxylic acids is 1. The van der Waals surface area contributed by atoms with Crippen LogP contribution in [0.4, 0.5) is 0 Å². The fraction of sp³-hybridized carbons (Fsp3) is 0.105. The molecule has 2 heterocycles. The Morgan fingerprint density at radius 1 is 1.08 bits per heavy atom. The molecule has 0 amide bonds. The molecule has 2 aromatic rings. The van der Waals surface area contributed by atoms with Gasteiger partial charge in [-0.15, -0.1) is 0 Å². The average Bonchev–Trinajstić information content (AvgIpc) is 3.11. The molecule has 4 rings (SSSR count). The second-order valence-electron chi connectivity index (χ2n) is 6.03. The van der Waals surface area contributed by atoms with E-state index in [4.69, 9.17) is 5.73 Å². The summed E-state index contributed by atoms with van der Waals surface area (Å²) in [4.78, 5) is 30.4. The van der Waals surface area contributed by atoms with Crippen molar-refractivity contribution in [2.75, 3.05) is 0 Å². The number of aliphatic imine (C=N–C) groups is 4. The van der Waals surface area contributed by atoms with Crippen LogP contribution < -0.4 is 5.73 Å². The summed E-state index contributed by atoms with van der Waals surface area (Å²) < 4.78 is 0. The minimum atomic E-state index is -1.35. The largest absolute Gasteiger partial charge is 0.508 e. The number of aromatic hydroxyl groups is 1. The molecule has 0 bridgehead atoms. The maximum absolute atomic E-state index is 13.5. The molecule has 2 aliphatic rings. The Balaban J connectivity index is 1.86. The predicted octanol–water partition coefficient (Wildman–Crippen LogP) is 1.77. The Morgan fingerprint density at radius 3 is 2.54 bits per heavy atom. The zero-order chi connectivity index (χ0) is 18.1. The van der Waals surface area contributed by atoms with E-state index in [0.29, 0.717) is 17.1 Å². The molecule has 0 aromatic heterocycles. The summed E-state index contributed by atoms with van der Waals surface area (Å²) in [5.74, 6) is 0.0942. The summed E-state index contributed by atoms with van der Waals surface area (Å²) in [6, 6.07) is 15.6. The first-order valence-electron chi connectivity index (χ1n) is 8.01. The smallest absolute Gasteiger partial charge is 0.218 e. The summed E-state index contributed by atoms with van der Waals surface area (Å²) >= 11 is 0. The highest BCUT2D eigenvalue weighted by atomic mass is 16.3. The van der Waals surface area contributed by atoms with Crippen LogP contribution in [0.15, 0.2) is 74.6 Å². The first-order chi connectivity index (χ1) is 12.6. The second-order valence-corrected chi connectivity index (χ2v) is 6.03. The molecular formula is C19H15N5O2. The fourth-order valence-electron chi connectivity index (χ4n) is 3.12. The van der Waals surface area contributed by atoms with Crippen molar-refractivity contribution < 1.29 is 9.90 Å². The monoisotopic (exact) mass is 345 g/mol. The molecular weight excluding hydrogens is 330 g/mol. The summed E-state index contributed by atoms with van der Waals surface area (Å²) in [6.45, 7) is 0. The molecule has 0 spiro atoms. The topological polar surface area (TPSA) is 113 Å². The maximum atomic E-state index is 13.5. The van der Waals surface area contributed by atoms with Crippen LogP contribution in [0.2, 0.25) is 0 Å². The van der Waals surface area contributed by atoms with Crippen molar-refractivity contribution in [2.24, 2.45) is 25.7 Å². The molecule has 0 saturated carbocycles. The van der Waals surface area contributed by atoms with E-state index in [-0.39, 0.29) is 23.9 Å². The van der Waals surface area contributed by atoms with Gasteiger partial charge in [-0.05, 0) is 29.8 Å². The van der Waals surface area contributed by atoms with Gasteiger partial charge in [-0.3, -0.25) is 4.79 Å². The van der Waals surface area contributed by atoms with E-state index in [9.17, 15) is 9.90 Å². The van der Waals surface area contributed by atoms with Crippen LogP contribution in [0.1, 0.15) is 15.9 Å². The third-order valence-corrected chi connectivity index (χ3v) is 4.30. The predicted molar refractivity (Wildman–Crippen MR) is 100 cm³/mol. The number of rotatable bonds is 4. The molecule has 0 aliphatic carbocycles. The fourth-order valence-corrected chi connectivity index (χ4v) is 3.12. The number of benzene rings is 2. The number of carbonyl (C=O) groups is 1. The number of nitrogens with zero attached hydrogens (tertiary/aromatic N) is 4. The number of phenolic OH excluding ortho intramolecular Hbond substituents is 1. The van der Waals surface area contributed by atoms with E-state index in [1.165, 1.54) is 18.5 Å². The van der Waals surface area contributed by atoms with Gasteiger partial charge >= 0.3 is 0 Å². The van der Waals surface area contributed by atoms with Gasteiger partial charge in [-0.2, -0.15) is 4.99 Å². The van der Waals surface area contributed by atoms with E-state index in [2.05, 4.69) is 20.0 Å². The highest BCUT2D eigenvalue weighted by molar-refractivity contribution is 6.55. The lowest BCUT2D eigenvalue weighted by Gasteiger charge is -2.31. The third-order valence-electron chi connectivity index (χ3n) is 4.30. The van der Waals surface area contributed by atoms with Gasteiger partial charge in [0.2, 0.25) is 5.96 Å². The summed E-state index contributed by atoms with van der Waals surface area (Å²) in [5.41, 5.74) is 6.24. The summed E-state index contributed by atoms with van der Waals surface area (Å²) in [6.07, 6.45) is 1.63. The molecule has 2 aromatic carbocycles. The highest BCUT2D eigenvalue weighted by Gasteiger charge is 2.49. The molecule has 7 nitrogen and oxygen atoms in total. The average molecular weight is 345 g/mol. The number of phenols is 1. The Kier molecular flexibility index (Phi) is 3.69. The van der Waals surface area contributed by atoms with Crippen molar-refractivity contribution in [3.05, 3.63) is 65.7 Å². The van der Waals surface area contributed by atoms with Crippen LogP contribution in [0.5, 0.6) is 5.75 Å². The lowest BCUT2D eigenvalue weighted by atomic mass is 9.79. The van der Waals surface area contributed by atoms with Crippen LogP contribution in [0.25, 0.3) is 0 Å². The maximum Gasteiger partial charge on any atom is 0.218 e. The number of ketones is 1. The zero-order valence-corrected chi connectivity index (χ0v) is 13.7. The van der Waals surface area contributed by atoms with E-state index in [1.807, 2.05) is 30.3 Å². The van der Waals surface area contributed by atoms with Gasteiger partial charge < -0.3 is 10.8 Å². The molecule has 0 fully saturated rings. The molecule has 2 aliphatic heterocycles. The van der Waals surface area contributed by atoms with E-state index in [0.717, 1.165) is 5.56 Å². The van der Waals surface area contributed by atoms with Crippen molar-refractivity contribution in [3.8, 4) is 5.75 Å². The number of nitrogens with two attached hydrogens (primary N) is 1. The van der Waals surface area contributed by atoms with E-state index >= 15 is 0 Å². The summed E-state index contributed by atoms with van der Waals surface area (Å²) in [5, 5.41) is 9.52. The van der Waals surface area contributed by atoms with E-state index in [1.54, 1.807) is 12.1 Å². The lowest BCUT2D eigenvalue weighted by molar-refractivity contribution is 0.0934. The third kappa shape index (κ3) is 2.59. The van der Waals surface area contributed by atoms with Crippen LogP contribution >= 0.6 is 0 Å². The summed E-state index contributed by atoms with van der Waals surface area (Å²) in [7, 11) is 0. The van der Waals surface area contributed by atoms with Gasteiger partial charge in [0.05, 0.1) is 0 Å². The van der Waals surface area contributed by atoms with Crippen molar-refractivity contribution in [1.29, 1.82) is 0 Å². The lowest BCUT2D eigenvalue weighted by Crippen LogP contribution is -2.52. The number of fused-ring (bicyclic) bond motifs is 1. The highest BCUT2D eigenvalue weighted by Crippen LogP contribution is 2.30. The quantitative estimate of drug-likeness (QED) is 0.823. The molecule has 26 heavy (non-hydrogen) atoms. The van der Waals surface area contributed by atoms with Gasteiger partial charge in [0.15, 0.2) is 17.2 Å². The van der Waals surface area contributed by atoms with Gasteiger partial charge in [0.1, 0.15) is 17.8 Å². The van der Waals surface area contributed by atoms with E-state index < -0.39 is 5.54 Å². The molecule has 128 valence electrons. The standard InChI is InChI=1S/C19H15N5O2/c20-18-23-17-15(21-11-22-17)19(24-18,10-12-4-2-1-3-5-12)16(26)13-6-8-14(25)9-7-13/h1-9,11,25H,10H2,(H2,20,24). The minimum Gasteiger partial charge on any atom is -0.508 e. The Hall–Kier alpha value is -3.61. The number of amidine groups is 1. The Labute approximate surface area is 149 Å². The van der Waals surface area contributed by atoms with Gasteiger partial charge in [0.25, 0.3) is 0 Å². The van der Waals surface area contributed by atoms with Crippen molar-refractivity contribution in [1.82, 2.24) is 0 Å². The van der Waals surface area contributed by atoms with Crippen molar-refractivity contribution in [2.45, 2.75) is 12.0 Å². The Bertz CT molecular complexity index is 990. The first-order valence-corrected chi connectivity index (χ1v) is 8.01. The second kappa shape index (κ2) is 6.03. The molecule has 1 unspecified atom stereocenters. The number of Topliss-reactive ketones (excluding diaryl/α,β-unsaturated/α-hetero) is 1. The number of hydrogen-bond donors (Lipinski definition) is 2. The normalized spacial score (nSPS) is 20.8. The first kappa shape index (κ1) is 15.9. The van der Waals surface area contributed by atoms with Crippen LogP contribution in [-0.4, -0.2) is 40.3 Å². The van der Waals surface area contributed by atoms with Crippen molar-refractivity contribution in [3.63, 3.8) is 0 Å². The molecule has 0 saturated heterocycles. The zero-order valence-electron chi connectivity index (χ0n) is 13.7. The van der Waals surface area contributed by atoms with Crippen LogP contribution in [0.3, 0.4) is 0 Å². The van der Waals surface area contributed by atoms with Crippen molar-refractivity contribution >= 4 is 29.6 Å². The van der Waals surface area contributed by atoms with Gasteiger partial charge in [0, 0.05) is 12.0 Å². The van der Waals surface area contributed by atoms with Gasteiger partial charge in [-0.25, -0.2) is 15.0 Å². The molecule has 1 atom stereocenters. The SMILES string of the molecule is NC1=NC(Cc2ccccc2)(C(=O)c2ccc(O)cc2)C2=NC=NC2=N1. The van der Waals surface area contributed by atoms with Gasteiger partial charge in [-0.1, -0.05) is 30.3 Å². The molecule has 7 heteroatoms. The number of guanidine groups is 1. The minimum absolute atomic E-state index is 0.0129. The van der Waals surface area contributed by atoms with Crippen LogP contribution in [0, 0.1) is 0 Å². The van der Waals surface area contributed by atoms with Crippen LogP contribution in [-0.2, 0) is 6.42 Å². The molecule has 3 N–H and O–H groups in total. The Morgan fingerprint density at radius 2 is 1.81 bits per heavy atom.